The molecule has 0 saturated carbocycles. The van der Waals surface area contributed by atoms with Crippen LogP contribution in [0.3, 0.4) is 0 Å². The van der Waals surface area contributed by atoms with Gasteiger partial charge in [0.2, 0.25) is 5.91 Å². The fourth-order valence-electron chi connectivity index (χ4n) is 3.32. The van der Waals surface area contributed by atoms with Crippen LogP contribution in [0.1, 0.15) is 36.5 Å². The highest BCUT2D eigenvalue weighted by atomic mass is 32.2. The Morgan fingerprint density at radius 1 is 1.30 bits per heavy atom. The number of thioether (sulfide) groups is 1. The number of likely N-dealkylation sites (tertiary alicyclic amines) is 1. The molecule has 1 unspecified atom stereocenters. The van der Waals surface area contributed by atoms with Crippen molar-refractivity contribution < 1.29 is 24.3 Å². The summed E-state index contributed by atoms with van der Waals surface area (Å²) in [5.41, 5.74) is 0.536. The number of hydrogen-bond donors (Lipinski definition) is 1. The standard InChI is InChI=1S/C19H19NO5S2/c1-11(21)27-17(18(23)20-8-4-6-14(20)19(24)25)9-15(22)13-10-26-16-7-3-2-5-12(13)16/h2-3,5,7,10,14,17H,4,6,8-9H2,1H3,(H,24,25)/t14-,17?/m0/s1. The van der Waals surface area contributed by atoms with E-state index in [0.29, 0.717) is 24.9 Å². The van der Waals surface area contributed by atoms with E-state index in [1.54, 1.807) is 5.38 Å². The second-order valence-electron chi connectivity index (χ2n) is 6.40. The average Bonchev–Trinajstić information content (AvgIpc) is 3.27. The fourth-order valence-corrected chi connectivity index (χ4v) is 5.16. The Bertz CT molecular complexity index is 906. The quantitative estimate of drug-likeness (QED) is 0.742. The molecule has 8 heteroatoms. The fraction of sp³-hybridized carbons (Fsp3) is 0.368. The lowest BCUT2D eigenvalue weighted by Gasteiger charge is -2.25. The molecule has 1 aromatic carbocycles. The summed E-state index contributed by atoms with van der Waals surface area (Å²) >= 11 is 2.25. The van der Waals surface area contributed by atoms with Crippen LogP contribution in [0.2, 0.25) is 0 Å². The van der Waals surface area contributed by atoms with Crippen molar-refractivity contribution in [3.8, 4) is 0 Å². The molecule has 1 fully saturated rings. The van der Waals surface area contributed by atoms with E-state index in [1.165, 1.54) is 23.2 Å². The van der Waals surface area contributed by atoms with E-state index >= 15 is 0 Å². The zero-order valence-electron chi connectivity index (χ0n) is 14.7. The number of rotatable bonds is 6. The minimum Gasteiger partial charge on any atom is -0.480 e. The van der Waals surface area contributed by atoms with Crippen molar-refractivity contribution in [2.75, 3.05) is 6.54 Å². The minimum atomic E-state index is -1.05. The van der Waals surface area contributed by atoms with Gasteiger partial charge in [-0.15, -0.1) is 11.3 Å². The van der Waals surface area contributed by atoms with Crippen molar-refractivity contribution in [1.82, 2.24) is 4.90 Å². The molecule has 1 N–H and O–H groups in total. The summed E-state index contributed by atoms with van der Waals surface area (Å²) < 4.78 is 0.980. The summed E-state index contributed by atoms with van der Waals surface area (Å²) in [6.07, 6.45) is 0.859. The van der Waals surface area contributed by atoms with Gasteiger partial charge in [-0.1, -0.05) is 30.0 Å². The Morgan fingerprint density at radius 2 is 2.04 bits per heavy atom. The van der Waals surface area contributed by atoms with Crippen LogP contribution in [0.5, 0.6) is 0 Å². The van der Waals surface area contributed by atoms with Crippen LogP contribution in [0, 0.1) is 0 Å². The summed E-state index contributed by atoms with van der Waals surface area (Å²) in [7, 11) is 0. The smallest absolute Gasteiger partial charge is 0.326 e. The SMILES string of the molecule is CC(=O)SC(CC(=O)c1csc2ccccc12)C(=O)N1CCC[C@H]1C(=O)O. The number of nitrogens with zero attached hydrogens (tertiary/aromatic N) is 1. The Morgan fingerprint density at radius 3 is 2.74 bits per heavy atom. The maximum atomic E-state index is 12.9. The first-order valence-electron chi connectivity index (χ1n) is 8.58. The largest absolute Gasteiger partial charge is 0.480 e. The monoisotopic (exact) mass is 405 g/mol. The molecular formula is C19H19NO5S2. The molecule has 142 valence electrons. The van der Waals surface area contributed by atoms with Gasteiger partial charge < -0.3 is 10.0 Å². The number of aliphatic carboxylic acids is 1. The zero-order valence-corrected chi connectivity index (χ0v) is 16.3. The van der Waals surface area contributed by atoms with Gasteiger partial charge in [-0.05, 0) is 18.9 Å². The number of carboxylic acids is 1. The van der Waals surface area contributed by atoms with Crippen molar-refractivity contribution >= 4 is 56.0 Å². The molecule has 27 heavy (non-hydrogen) atoms. The molecule has 1 saturated heterocycles. The molecule has 1 aliphatic rings. The predicted molar refractivity (Wildman–Crippen MR) is 105 cm³/mol. The number of carbonyl (C=O) groups excluding carboxylic acids is 3. The van der Waals surface area contributed by atoms with E-state index in [-0.39, 0.29) is 17.3 Å². The van der Waals surface area contributed by atoms with Gasteiger partial charge in [-0.25, -0.2) is 4.79 Å². The lowest BCUT2D eigenvalue weighted by Crippen LogP contribution is -2.45. The molecule has 0 spiro atoms. The number of fused-ring (bicyclic) bond motifs is 1. The first-order chi connectivity index (χ1) is 12.9. The van der Waals surface area contributed by atoms with Crippen LogP contribution >= 0.6 is 23.1 Å². The van der Waals surface area contributed by atoms with Crippen molar-refractivity contribution in [2.24, 2.45) is 0 Å². The molecule has 6 nitrogen and oxygen atoms in total. The average molecular weight is 405 g/mol. The predicted octanol–water partition coefficient (Wildman–Crippen LogP) is 3.20. The Hall–Kier alpha value is -2.19. The van der Waals surface area contributed by atoms with E-state index in [4.69, 9.17) is 0 Å². The lowest BCUT2D eigenvalue weighted by atomic mass is 10.0. The van der Waals surface area contributed by atoms with E-state index in [0.717, 1.165) is 21.8 Å². The van der Waals surface area contributed by atoms with Crippen molar-refractivity contribution in [2.45, 2.75) is 37.5 Å². The van der Waals surface area contributed by atoms with E-state index in [1.807, 2.05) is 24.3 Å². The molecule has 1 aliphatic heterocycles. The van der Waals surface area contributed by atoms with Crippen LogP contribution < -0.4 is 0 Å². The third-order valence-corrected chi connectivity index (χ3v) is 6.51. The summed E-state index contributed by atoms with van der Waals surface area (Å²) in [4.78, 5) is 50.1. The van der Waals surface area contributed by atoms with Crippen molar-refractivity contribution in [1.29, 1.82) is 0 Å². The number of carboxylic acid groups (broad SMARTS) is 1. The highest BCUT2D eigenvalue weighted by Gasteiger charge is 2.38. The van der Waals surface area contributed by atoms with Crippen LogP contribution in [-0.4, -0.2) is 50.6 Å². The summed E-state index contributed by atoms with van der Waals surface area (Å²) in [6.45, 7) is 1.68. The molecular weight excluding hydrogens is 386 g/mol. The molecule has 0 radical (unpaired) electrons. The normalized spacial score (nSPS) is 17.8. The number of benzene rings is 1. The summed E-state index contributed by atoms with van der Waals surface area (Å²) in [6, 6.07) is 6.63. The van der Waals surface area contributed by atoms with Gasteiger partial charge in [0.1, 0.15) is 6.04 Å². The number of hydrogen-bond acceptors (Lipinski definition) is 6. The molecule has 2 aromatic rings. The van der Waals surface area contributed by atoms with Gasteiger partial charge in [0.15, 0.2) is 10.9 Å². The number of Topliss-reactive ketones (excluding diaryl/α,β-unsaturated/α-hetero) is 1. The Balaban J connectivity index is 1.82. The van der Waals surface area contributed by atoms with E-state index < -0.39 is 23.2 Å². The highest BCUT2D eigenvalue weighted by Crippen LogP contribution is 2.30. The molecule has 0 bridgehead atoms. The number of carbonyl (C=O) groups is 4. The van der Waals surface area contributed by atoms with Gasteiger partial charge >= 0.3 is 5.97 Å². The maximum Gasteiger partial charge on any atom is 0.326 e. The maximum absolute atomic E-state index is 12.9. The van der Waals surface area contributed by atoms with Crippen molar-refractivity contribution in [3.63, 3.8) is 0 Å². The highest BCUT2D eigenvalue weighted by molar-refractivity contribution is 8.14. The third kappa shape index (κ3) is 4.22. The second-order valence-corrected chi connectivity index (χ2v) is 8.69. The van der Waals surface area contributed by atoms with Crippen molar-refractivity contribution in [3.05, 3.63) is 35.2 Å². The van der Waals surface area contributed by atoms with Crippen LogP contribution in [0.15, 0.2) is 29.6 Å². The Kier molecular flexibility index (Phi) is 5.96. The topological polar surface area (TPSA) is 91.8 Å². The Labute approximate surface area is 164 Å². The van der Waals surface area contributed by atoms with E-state index in [2.05, 4.69) is 0 Å². The minimum absolute atomic E-state index is 0.132. The van der Waals surface area contributed by atoms with Gasteiger partial charge in [0.25, 0.3) is 0 Å². The number of amides is 1. The van der Waals surface area contributed by atoms with Crippen LogP contribution in [0.25, 0.3) is 10.1 Å². The summed E-state index contributed by atoms with van der Waals surface area (Å²) in [5.74, 6) is -1.72. The molecule has 2 atom stereocenters. The second kappa shape index (κ2) is 8.22. The summed E-state index contributed by atoms with van der Waals surface area (Å²) in [5, 5.41) is 10.7. The van der Waals surface area contributed by atoms with Gasteiger partial charge in [-0.2, -0.15) is 0 Å². The van der Waals surface area contributed by atoms with Crippen LogP contribution in [0.4, 0.5) is 0 Å². The number of thiophene rings is 1. The lowest BCUT2D eigenvalue weighted by molar-refractivity contribution is -0.148. The number of ketones is 1. The van der Waals surface area contributed by atoms with Gasteiger partial charge in [0, 0.05) is 40.9 Å². The first kappa shape index (κ1) is 19.6. The first-order valence-corrected chi connectivity index (χ1v) is 10.3. The molecule has 2 heterocycles. The van der Waals surface area contributed by atoms with Gasteiger partial charge in [0.05, 0.1) is 5.25 Å². The molecule has 1 amide bonds. The van der Waals surface area contributed by atoms with Crippen LogP contribution in [-0.2, 0) is 14.4 Å². The zero-order chi connectivity index (χ0) is 19.6. The van der Waals surface area contributed by atoms with E-state index in [9.17, 15) is 24.3 Å². The third-order valence-electron chi connectivity index (χ3n) is 4.56. The molecule has 0 aliphatic carbocycles. The molecule has 1 aromatic heterocycles. The van der Waals surface area contributed by atoms with Gasteiger partial charge in [-0.3, -0.25) is 14.4 Å². The molecule has 3 rings (SSSR count).